The summed E-state index contributed by atoms with van der Waals surface area (Å²) < 4.78 is 2.63. The van der Waals surface area contributed by atoms with E-state index >= 15 is 0 Å². The van der Waals surface area contributed by atoms with E-state index in [-0.39, 0.29) is 27.1 Å². The Bertz CT molecular complexity index is 3260. The second-order valence-corrected chi connectivity index (χ2v) is 23.2. The van der Waals surface area contributed by atoms with Gasteiger partial charge in [0, 0.05) is 49.7 Å². The van der Waals surface area contributed by atoms with E-state index in [4.69, 9.17) is 0 Å². The van der Waals surface area contributed by atoms with Gasteiger partial charge in [-0.1, -0.05) is 174 Å². The molecule has 1 aliphatic heterocycles. The van der Waals surface area contributed by atoms with Crippen LogP contribution in [0, 0.1) is 0 Å². The third kappa shape index (κ3) is 5.84. The van der Waals surface area contributed by atoms with Crippen molar-refractivity contribution in [3.8, 4) is 39.1 Å². The van der Waals surface area contributed by atoms with Crippen molar-refractivity contribution in [2.75, 3.05) is 5.32 Å². The summed E-state index contributed by atoms with van der Waals surface area (Å²) in [6.07, 6.45) is 0. The number of nitrogens with one attached hydrogen (secondary N) is 1. The van der Waals surface area contributed by atoms with Crippen LogP contribution in [-0.2, 0) is 27.1 Å². The van der Waals surface area contributed by atoms with Gasteiger partial charge in [0.15, 0.2) is 7.28 Å². The topological polar surface area (TPSA) is 17.0 Å². The molecule has 3 heteroatoms. The van der Waals surface area contributed by atoms with Crippen LogP contribution in [0.25, 0.3) is 60.9 Å². The fourth-order valence-corrected chi connectivity index (χ4v) is 11.4. The average molecular weight is 821 g/mol. The standard InChI is InChI=1S/C60H61BN2/c1-56(2,3)34-18-22-37(23-19-34)62-51-33-49-42(39-24-20-35(57(4,5)6)28-47(39)60(49,12)13)30-44(51)40-25-26-41-45-31-48-43(38-16-14-15-17-46(38)59(48,10)11)32-53(45)63-52-27-21-36(58(7,8)9)29-50(52)61-54(40)55(41)63/h14-33,61-62H,1-13H3. The fraction of sp³-hybridized carbons (Fsp3) is 0.300. The van der Waals surface area contributed by atoms with Crippen molar-refractivity contribution in [2.45, 2.75) is 117 Å². The Balaban J connectivity index is 1.20. The molecule has 7 aromatic carbocycles. The molecule has 2 heterocycles. The van der Waals surface area contributed by atoms with Gasteiger partial charge in [-0.05, 0) is 131 Å². The molecule has 0 saturated heterocycles. The summed E-state index contributed by atoms with van der Waals surface area (Å²) in [4.78, 5) is 0. The first-order valence-electron chi connectivity index (χ1n) is 23.2. The molecule has 0 saturated carbocycles. The van der Waals surface area contributed by atoms with Crippen molar-refractivity contribution in [3.05, 3.63) is 160 Å². The Labute approximate surface area is 376 Å². The van der Waals surface area contributed by atoms with Gasteiger partial charge < -0.3 is 9.88 Å². The minimum atomic E-state index is -0.156. The maximum Gasteiger partial charge on any atom is 0.198 e. The van der Waals surface area contributed by atoms with Gasteiger partial charge in [0.25, 0.3) is 0 Å². The molecule has 2 nitrogen and oxygen atoms in total. The number of benzene rings is 7. The monoisotopic (exact) mass is 820 g/mol. The van der Waals surface area contributed by atoms with Crippen LogP contribution in [-0.4, -0.2) is 11.8 Å². The van der Waals surface area contributed by atoms with Crippen LogP contribution >= 0.6 is 0 Å². The van der Waals surface area contributed by atoms with E-state index < -0.39 is 0 Å². The van der Waals surface area contributed by atoms with Gasteiger partial charge in [-0.25, -0.2) is 0 Å². The minimum Gasteiger partial charge on any atom is -0.355 e. The number of hydrogen-bond acceptors (Lipinski definition) is 1. The lowest BCUT2D eigenvalue weighted by Gasteiger charge is -2.27. The summed E-state index contributed by atoms with van der Waals surface area (Å²) in [5.41, 5.74) is 26.6. The van der Waals surface area contributed by atoms with Crippen molar-refractivity contribution >= 4 is 51.4 Å². The molecule has 0 atom stereocenters. The fourth-order valence-electron chi connectivity index (χ4n) is 11.4. The van der Waals surface area contributed by atoms with Gasteiger partial charge in [0.05, 0.1) is 5.52 Å². The molecule has 63 heavy (non-hydrogen) atoms. The average Bonchev–Trinajstić information content (AvgIpc) is 3.76. The van der Waals surface area contributed by atoms with E-state index in [2.05, 4.69) is 221 Å². The molecule has 11 rings (SSSR count). The molecule has 0 radical (unpaired) electrons. The first-order chi connectivity index (χ1) is 29.6. The Kier molecular flexibility index (Phi) is 8.20. The zero-order valence-corrected chi connectivity index (χ0v) is 39.7. The Morgan fingerprint density at radius 3 is 1.75 bits per heavy atom. The van der Waals surface area contributed by atoms with E-state index in [0.717, 1.165) is 18.7 Å². The van der Waals surface area contributed by atoms with Crippen LogP contribution in [0.15, 0.2) is 121 Å². The largest absolute Gasteiger partial charge is 0.355 e. The highest BCUT2D eigenvalue weighted by atomic mass is 15.0. The molecule has 0 bridgehead atoms. The summed E-state index contributed by atoms with van der Waals surface area (Å²) in [7, 11) is 0.865. The smallest absolute Gasteiger partial charge is 0.198 e. The quantitative estimate of drug-likeness (QED) is 0.176. The molecule has 8 aromatic rings. The lowest BCUT2D eigenvalue weighted by atomic mass is 9.58. The van der Waals surface area contributed by atoms with Crippen LogP contribution in [0.5, 0.6) is 0 Å². The maximum atomic E-state index is 4.03. The molecular weight excluding hydrogens is 759 g/mol. The second-order valence-electron chi connectivity index (χ2n) is 23.2. The van der Waals surface area contributed by atoms with E-state index in [0.29, 0.717) is 0 Å². The number of nitrogens with zero attached hydrogens (tertiary/aromatic N) is 1. The third-order valence-corrected chi connectivity index (χ3v) is 15.3. The van der Waals surface area contributed by atoms with Gasteiger partial charge in [-0.2, -0.15) is 0 Å². The summed E-state index contributed by atoms with van der Waals surface area (Å²) in [6, 6.07) is 47.7. The van der Waals surface area contributed by atoms with E-state index in [1.54, 1.807) is 0 Å². The molecule has 0 unspecified atom stereocenters. The van der Waals surface area contributed by atoms with Crippen molar-refractivity contribution in [1.82, 2.24) is 4.57 Å². The molecule has 0 amide bonds. The molecule has 0 fully saturated rings. The van der Waals surface area contributed by atoms with E-state index in [1.807, 2.05) is 0 Å². The highest BCUT2D eigenvalue weighted by Crippen LogP contribution is 2.54. The lowest BCUT2D eigenvalue weighted by molar-refractivity contribution is 0.584. The summed E-state index contributed by atoms with van der Waals surface area (Å²) in [6.45, 7) is 30.5. The van der Waals surface area contributed by atoms with Gasteiger partial charge in [0.1, 0.15) is 0 Å². The lowest BCUT2D eigenvalue weighted by Crippen LogP contribution is -2.38. The molecule has 0 spiro atoms. The first kappa shape index (κ1) is 40.0. The Morgan fingerprint density at radius 2 is 1.03 bits per heavy atom. The van der Waals surface area contributed by atoms with Crippen molar-refractivity contribution in [1.29, 1.82) is 0 Å². The predicted octanol–water partition coefficient (Wildman–Crippen LogP) is 14.4. The highest BCUT2D eigenvalue weighted by Gasteiger charge is 2.39. The Hall–Kier alpha value is -5.80. The molecule has 1 aromatic heterocycles. The number of anilines is 2. The van der Waals surface area contributed by atoms with Gasteiger partial charge in [-0.3, -0.25) is 0 Å². The zero-order valence-electron chi connectivity index (χ0n) is 39.7. The van der Waals surface area contributed by atoms with Crippen LogP contribution < -0.4 is 16.2 Å². The van der Waals surface area contributed by atoms with E-state index in [9.17, 15) is 0 Å². The van der Waals surface area contributed by atoms with Gasteiger partial charge >= 0.3 is 0 Å². The summed E-state index contributed by atoms with van der Waals surface area (Å²) >= 11 is 0. The van der Waals surface area contributed by atoms with Crippen LogP contribution in [0.3, 0.4) is 0 Å². The number of fused-ring (bicyclic) bond motifs is 11. The van der Waals surface area contributed by atoms with Crippen molar-refractivity contribution in [2.24, 2.45) is 0 Å². The molecule has 2 aliphatic carbocycles. The molecule has 314 valence electrons. The number of aromatic nitrogens is 1. The maximum absolute atomic E-state index is 4.03. The number of rotatable bonds is 3. The third-order valence-electron chi connectivity index (χ3n) is 15.3. The second kappa shape index (κ2) is 12.9. The van der Waals surface area contributed by atoms with Crippen molar-refractivity contribution in [3.63, 3.8) is 0 Å². The molecule has 3 aliphatic rings. The Morgan fingerprint density at radius 1 is 0.460 bits per heavy atom. The molecular formula is C60H61BN2. The normalized spacial score (nSPS) is 15.4. The van der Waals surface area contributed by atoms with E-state index in [1.165, 1.54) is 111 Å². The van der Waals surface area contributed by atoms with Gasteiger partial charge in [0.2, 0.25) is 0 Å². The van der Waals surface area contributed by atoms with Crippen LogP contribution in [0.4, 0.5) is 11.4 Å². The predicted molar refractivity (Wildman–Crippen MR) is 274 cm³/mol. The summed E-state index contributed by atoms with van der Waals surface area (Å²) in [5, 5.41) is 6.69. The number of hydrogen-bond donors (Lipinski definition) is 1. The highest BCUT2D eigenvalue weighted by molar-refractivity contribution is 6.73. The van der Waals surface area contributed by atoms with Crippen LogP contribution in [0.1, 0.15) is 129 Å². The van der Waals surface area contributed by atoms with Gasteiger partial charge in [-0.15, -0.1) is 0 Å². The SMILES string of the molecule is CC(C)(C)c1ccc(Nc2cc3c(cc2-c2ccc4c5cc6c(cc5n5c4c2Bc2cc(C(C)(C)C)ccc2-5)-c2ccccc2C6(C)C)-c2ccc(C(C)(C)C)cc2C3(C)C)cc1. The summed E-state index contributed by atoms with van der Waals surface area (Å²) in [5.74, 6) is 0. The molecule has 1 N–H and O–H groups in total. The zero-order chi connectivity index (χ0) is 44.3. The van der Waals surface area contributed by atoms with Crippen LogP contribution in [0.2, 0.25) is 0 Å². The van der Waals surface area contributed by atoms with Crippen molar-refractivity contribution < 1.29 is 0 Å². The minimum absolute atomic E-state index is 0.0334. The first-order valence-corrected chi connectivity index (χ1v) is 23.2.